The van der Waals surface area contributed by atoms with Gasteiger partial charge in [0.05, 0.1) is 5.69 Å². The zero-order valence-corrected chi connectivity index (χ0v) is 16.8. The number of benzene rings is 2. The Kier molecular flexibility index (Phi) is 5.75. The van der Waals surface area contributed by atoms with E-state index < -0.39 is 30.7 Å². The molecule has 0 radical (unpaired) electrons. The molecule has 0 saturated heterocycles. The van der Waals surface area contributed by atoms with Gasteiger partial charge in [-0.05, 0) is 31.2 Å². The number of esters is 1. The standard InChI is InChI=1S/C22H17NO9/c1-12(24)15-7-18-19(31-11-30-18)8-16(15)23-20(25)9-29-22(27)10-28-14-4-2-13-3-5-21(26)32-17(13)6-14/h2-8H,9-11H2,1H3,(H,23,25). The Bertz CT molecular complexity index is 1280. The fraction of sp³-hybridized carbons (Fsp3) is 0.182. The molecule has 1 N–H and O–H groups in total. The molecule has 1 aliphatic heterocycles. The molecule has 0 saturated carbocycles. The second-order valence-corrected chi connectivity index (χ2v) is 6.76. The van der Waals surface area contributed by atoms with Crippen LogP contribution in [0.5, 0.6) is 17.2 Å². The molecule has 2 aromatic carbocycles. The van der Waals surface area contributed by atoms with Gasteiger partial charge in [-0.2, -0.15) is 0 Å². The maximum atomic E-state index is 12.2. The predicted molar refractivity (Wildman–Crippen MR) is 110 cm³/mol. The monoisotopic (exact) mass is 439 g/mol. The van der Waals surface area contributed by atoms with E-state index in [9.17, 15) is 19.2 Å². The number of hydrogen-bond acceptors (Lipinski definition) is 9. The van der Waals surface area contributed by atoms with Crippen molar-refractivity contribution >= 4 is 34.3 Å². The van der Waals surface area contributed by atoms with E-state index in [1.807, 2.05) is 0 Å². The van der Waals surface area contributed by atoms with Gasteiger partial charge < -0.3 is 28.7 Å². The van der Waals surface area contributed by atoms with Crippen molar-refractivity contribution in [1.82, 2.24) is 0 Å². The Hall–Kier alpha value is -4.34. The lowest BCUT2D eigenvalue weighted by Crippen LogP contribution is -2.24. The molecule has 0 unspecified atom stereocenters. The summed E-state index contributed by atoms with van der Waals surface area (Å²) < 4.78 is 25.8. The average molecular weight is 439 g/mol. The topological polar surface area (TPSA) is 130 Å². The number of hydrogen-bond donors (Lipinski definition) is 1. The number of ether oxygens (including phenoxy) is 4. The number of anilines is 1. The smallest absolute Gasteiger partial charge is 0.344 e. The predicted octanol–water partition coefficient (Wildman–Crippen LogP) is 2.29. The summed E-state index contributed by atoms with van der Waals surface area (Å²) >= 11 is 0. The second kappa shape index (κ2) is 8.80. The van der Waals surface area contributed by atoms with Crippen molar-refractivity contribution < 1.29 is 37.7 Å². The number of carbonyl (C=O) groups is 3. The van der Waals surface area contributed by atoms with E-state index in [1.54, 1.807) is 18.2 Å². The van der Waals surface area contributed by atoms with Crippen LogP contribution in [0.1, 0.15) is 17.3 Å². The molecule has 1 aliphatic rings. The second-order valence-electron chi connectivity index (χ2n) is 6.76. The van der Waals surface area contributed by atoms with Crippen molar-refractivity contribution in [2.45, 2.75) is 6.92 Å². The zero-order valence-electron chi connectivity index (χ0n) is 16.8. The normalized spacial score (nSPS) is 11.8. The molecular weight excluding hydrogens is 422 g/mol. The first-order valence-corrected chi connectivity index (χ1v) is 9.46. The quantitative estimate of drug-likeness (QED) is 0.335. The molecule has 0 aliphatic carbocycles. The molecule has 1 amide bonds. The van der Waals surface area contributed by atoms with Crippen molar-refractivity contribution in [3.05, 3.63) is 58.4 Å². The van der Waals surface area contributed by atoms with Crippen LogP contribution in [-0.2, 0) is 14.3 Å². The van der Waals surface area contributed by atoms with Gasteiger partial charge in [-0.15, -0.1) is 0 Å². The van der Waals surface area contributed by atoms with Crippen molar-refractivity contribution in [2.75, 3.05) is 25.3 Å². The van der Waals surface area contributed by atoms with Crippen LogP contribution >= 0.6 is 0 Å². The summed E-state index contributed by atoms with van der Waals surface area (Å²) in [7, 11) is 0. The summed E-state index contributed by atoms with van der Waals surface area (Å²) in [5, 5.41) is 3.22. The third-order valence-electron chi connectivity index (χ3n) is 4.48. The van der Waals surface area contributed by atoms with Crippen molar-refractivity contribution in [3.8, 4) is 17.2 Å². The molecule has 10 heteroatoms. The van der Waals surface area contributed by atoms with E-state index in [1.165, 1.54) is 31.2 Å². The van der Waals surface area contributed by atoms with Crippen molar-refractivity contribution in [1.29, 1.82) is 0 Å². The molecule has 32 heavy (non-hydrogen) atoms. The van der Waals surface area contributed by atoms with Crippen LogP contribution in [0.3, 0.4) is 0 Å². The Balaban J connectivity index is 1.31. The molecule has 4 rings (SSSR count). The number of carbonyl (C=O) groups excluding carboxylic acids is 3. The number of fused-ring (bicyclic) bond motifs is 2. The highest BCUT2D eigenvalue weighted by atomic mass is 16.7. The third kappa shape index (κ3) is 4.69. The number of amides is 1. The van der Waals surface area contributed by atoms with Crippen LogP contribution in [0.2, 0.25) is 0 Å². The molecule has 164 valence electrons. The third-order valence-corrected chi connectivity index (χ3v) is 4.48. The largest absolute Gasteiger partial charge is 0.482 e. The maximum absolute atomic E-state index is 12.2. The number of nitrogens with one attached hydrogen (secondary N) is 1. The van der Waals surface area contributed by atoms with Crippen LogP contribution in [0, 0.1) is 0 Å². The van der Waals surface area contributed by atoms with Gasteiger partial charge in [0, 0.05) is 29.1 Å². The van der Waals surface area contributed by atoms with Crippen LogP contribution in [0.4, 0.5) is 5.69 Å². The lowest BCUT2D eigenvalue weighted by Gasteiger charge is -2.11. The SMILES string of the molecule is CC(=O)c1cc2c(cc1NC(=O)COC(=O)COc1ccc3ccc(=O)oc3c1)OCO2. The first kappa shape index (κ1) is 20.9. The van der Waals surface area contributed by atoms with Gasteiger partial charge in [0.15, 0.2) is 30.5 Å². The fourth-order valence-corrected chi connectivity index (χ4v) is 2.98. The summed E-state index contributed by atoms with van der Waals surface area (Å²) in [6, 6.07) is 10.6. The molecule has 10 nitrogen and oxygen atoms in total. The summed E-state index contributed by atoms with van der Waals surface area (Å²) in [6.07, 6.45) is 0. The minimum Gasteiger partial charge on any atom is -0.482 e. The first-order chi connectivity index (χ1) is 15.4. The van der Waals surface area contributed by atoms with Gasteiger partial charge in [-0.25, -0.2) is 9.59 Å². The van der Waals surface area contributed by atoms with E-state index in [0.29, 0.717) is 28.2 Å². The maximum Gasteiger partial charge on any atom is 0.344 e. The molecule has 0 atom stereocenters. The Morgan fingerprint density at radius 1 is 1.00 bits per heavy atom. The molecule has 0 fully saturated rings. The van der Waals surface area contributed by atoms with E-state index in [2.05, 4.69) is 5.32 Å². The fourth-order valence-electron chi connectivity index (χ4n) is 2.98. The van der Waals surface area contributed by atoms with Crippen LogP contribution in [0.25, 0.3) is 11.0 Å². The Morgan fingerprint density at radius 3 is 2.53 bits per heavy atom. The molecular formula is C22H17NO9. The summed E-state index contributed by atoms with van der Waals surface area (Å²) in [4.78, 5) is 47.3. The highest BCUT2D eigenvalue weighted by Crippen LogP contribution is 2.37. The molecule has 1 aromatic heterocycles. The minimum absolute atomic E-state index is 0.0189. The lowest BCUT2D eigenvalue weighted by atomic mass is 10.1. The Labute approximate surface area is 180 Å². The highest BCUT2D eigenvalue weighted by Gasteiger charge is 2.20. The van der Waals surface area contributed by atoms with Crippen LogP contribution < -0.4 is 25.2 Å². The minimum atomic E-state index is -0.785. The summed E-state index contributed by atoms with van der Waals surface area (Å²) in [5.41, 5.74) is 0.264. The van der Waals surface area contributed by atoms with Gasteiger partial charge in [0.25, 0.3) is 5.91 Å². The highest BCUT2D eigenvalue weighted by molar-refractivity contribution is 6.05. The van der Waals surface area contributed by atoms with E-state index in [4.69, 9.17) is 23.4 Å². The molecule has 0 bridgehead atoms. The number of ketones is 1. The molecule has 0 spiro atoms. The average Bonchev–Trinajstić information content (AvgIpc) is 3.22. The van der Waals surface area contributed by atoms with Crippen LogP contribution in [-0.4, -0.2) is 37.7 Å². The molecule has 3 aromatic rings. The van der Waals surface area contributed by atoms with Gasteiger partial charge >= 0.3 is 11.6 Å². The number of Topliss-reactive ketones (excluding diaryl/α,β-unsaturated/α-hetero) is 1. The van der Waals surface area contributed by atoms with E-state index in [-0.39, 0.29) is 23.8 Å². The first-order valence-electron chi connectivity index (χ1n) is 9.46. The van der Waals surface area contributed by atoms with Crippen LogP contribution in [0.15, 0.2) is 51.7 Å². The lowest BCUT2D eigenvalue weighted by molar-refractivity contribution is -0.149. The van der Waals surface area contributed by atoms with Crippen molar-refractivity contribution in [3.63, 3.8) is 0 Å². The zero-order chi connectivity index (χ0) is 22.7. The van der Waals surface area contributed by atoms with Crippen molar-refractivity contribution in [2.24, 2.45) is 0 Å². The van der Waals surface area contributed by atoms with Gasteiger partial charge in [-0.1, -0.05) is 0 Å². The summed E-state index contributed by atoms with van der Waals surface area (Å²) in [6.45, 7) is 0.326. The van der Waals surface area contributed by atoms with Gasteiger partial charge in [0.1, 0.15) is 11.3 Å². The molecule has 2 heterocycles. The van der Waals surface area contributed by atoms with E-state index in [0.717, 1.165) is 0 Å². The van der Waals surface area contributed by atoms with E-state index >= 15 is 0 Å². The summed E-state index contributed by atoms with van der Waals surface area (Å²) in [5.74, 6) is -0.624. The van der Waals surface area contributed by atoms with Gasteiger partial charge in [0.2, 0.25) is 6.79 Å². The van der Waals surface area contributed by atoms with Gasteiger partial charge in [-0.3, -0.25) is 9.59 Å². The Morgan fingerprint density at radius 2 is 1.75 bits per heavy atom. The number of rotatable bonds is 7.